The Hall–Kier alpha value is -4.81. The maximum Gasteiger partial charge on any atom is 0.416 e. The normalized spacial score (nSPS) is 13.4. The van der Waals surface area contributed by atoms with Crippen molar-refractivity contribution >= 4 is 28.7 Å². The fourth-order valence-corrected chi connectivity index (χ4v) is 4.65. The molecule has 0 saturated carbocycles. The van der Waals surface area contributed by atoms with Gasteiger partial charge in [0, 0.05) is 42.6 Å². The molecule has 226 valence electrons. The zero-order valence-corrected chi connectivity index (χ0v) is 22.5. The monoisotopic (exact) mass is 605 g/mol. The van der Waals surface area contributed by atoms with Crippen molar-refractivity contribution in [1.82, 2.24) is 15.2 Å². The molecule has 0 bridgehead atoms. The SMILES string of the molecule is CN(C(=O)c1cc(C(F)(F)F)cc(C(F)(F)F)c1)[C@H](Cc1ccccc1)C(=O)N[C@@H](Cc1c[nH]c2ccccc12)C(=O)O. The van der Waals surface area contributed by atoms with E-state index in [4.69, 9.17) is 0 Å². The maximum atomic E-state index is 13.5. The van der Waals surface area contributed by atoms with Crippen LogP contribution in [0.2, 0.25) is 0 Å². The smallest absolute Gasteiger partial charge is 0.416 e. The number of aromatic nitrogens is 1. The maximum absolute atomic E-state index is 13.5. The minimum Gasteiger partial charge on any atom is -0.480 e. The van der Waals surface area contributed by atoms with Gasteiger partial charge in [-0.25, -0.2) is 4.79 Å². The van der Waals surface area contributed by atoms with Crippen LogP contribution in [0.1, 0.15) is 32.6 Å². The highest BCUT2D eigenvalue weighted by molar-refractivity contribution is 5.98. The lowest BCUT2D eigenvalue weighted by Crippen LogP contribution is -2.53. The summed E-state index contributed by atoms with van der Waals surface area (Å²) in [5.41, 5.74) is -2.49. The molecule has 0 spiro atoms. The minimum absolute atomic E-state index is 0.104. The molecule has 0 aliphatic rings. The van der Waals surface area contributed by atoms with Gasteiger partial charge in [-0.1, -0.05) is 48.5 Å². The molecule has 7 nitrogen and oxygen atoms in total. The first-order chi connectivity index (χ1) is 20.1. The van der Waals surface area contributed by atoms with E-state index in [1.807, 2.05) is 0 Å². The topological polar surface area (TPSA) is 103 Å². The van der Waals surface area contributed by atoms with Crippen molar-refractivity contribution in [3.63, 3.8) is 0 Å². The Labute approximate surface area is 241 Å². The fourth-order valence-electron chi connectivity index (χ4n) is 4.65. The molecule has 0 unspecified atom stereocenters. The quantitative estimate of drug-likeness (QED) is 0.213. The Morgan fingerprint density at radius 3 is 2.02 bits per heavy atom. The second kappa shape index (κ2) is 12.2. The van der Waals surface area contributed by atoms with Gasteiger partial charge in [0.05, 0.1) is 11.1 Å². The Bertz CT molecular complexity index is 1600. The molecule has 4 aromatic rings. The number of hydrogen-bond acceptors (Lipinski definition) is 3. The van der Waals surface area contributed by atoms with E-state index in [1.54, 1.807) is 60.8 Å². The number of halogens is 6. The number of hydrogen-bond donors (Lipinski definition) is 3. The first-order valence-corrected chi connectivity index (χ1v) is 12.8. The average molecular weight is 606 g/mol. The van der Waals surface area contributed by atoms with Gasteiger partial charge in [-0.05, 0) is 35.4 Å². The van der Waals surface area contributed by atoms with Crippen molar-refractivity contribution in [3.8, 4) is 0 Å². The number of amides is 2. The summed E-state index contributed by atoms with van der Waals surface area (Å²) in [6.07, 6.45) is -9.14. The number of aromatic amines is 1. The van der Waals surface area contributed by atoms with Gasteiger partial charge < -0.3 is 20.3 Å². The van der Waals surface area contributed by atoms with Gasteiger partial charge >= 0.3 is 18.3 Å². The zero-order valence-electron chi connectivity index (χ0n) is 22.5. The third-order valence-corrected chi connectivity index (χ3v) is 6.91. The second-order valence-electron chi connectivity index (χ2n) is 9.88. The van der Waals surface area contributed by atoms with Crippen LogP contribution in [0.3, 0.4) is 0 Å². The van der Waals surface area contributed by atoms with Gasteiger partial charge in [0.25, 0.3) is 5.91 Å². The average Bonchev–Trinajstić information content (AvgIpc) is 3.36. The predicted octanol–water partition coefficient (Wildman–Crippen LogP) is 5.70. The van der Waals surface area contributed by atoms with E-state index < -0.39 is 58.9 Å². The lowest BCUT2D eigenvalue weighted by atomic mass is 10.00. The third-order valence-electron chi connectivity index (χ3n) is 6.91. The largest absolute Gasteiger partial charge is 0.480 e. The molecule has 0 saturated heterocycles. The molecule has 2 amide bonds. The molecule has 0 aliphatic heterocycles. The number of carboxylic acids is 1. The van der Waals surface area contributed by atoms with Gasteiger partial charge in [0.15, 0.2) is 0 Å². The van der Waals surface area contributed by atoms with Crippen LogP contribution in [0.15, 0.2) is 79.0 Å². The molecule has 0 radical (unpaired) electrons. The molecule has 3 N–H and O–H groups in total. The van der Waals surface area contributed by atoms with Crippen LogP contribution < -0.4 is 5.32 Å². The summed E-state index contributed by atoms with van der Waals surface area (Å²) < 4.78 is 80.6. The minimum atomic E-state index is -5.19. The summed E-state index contributed by atoms with van der Waals surface area (Å²) in [6, 6.07) is 12.7. The molecule has 1 aromatic heterocycles. The molecular formula is C30H25F6N3O4. The Morgan fingerprint density at radius 2 is 1.44 bits per heavy atom. The summed E-state index contributed by atoms with van der Waals surface area (Å²) in [7, 11) is 1.05. The summed E-state index contributed by atoms with van der Waals surface area (Å²) in [5, 5.41) is 13.0. The zero-order chi connectivity index (χ0) is 31.5. The van der Waals surface area contributed by atoms with Gasteiger partial charge in [-0.3, -0.25) is 9.59 Å². The van der Waals surface area contributed by atoms with Crippen LogP contribution in [0.25, 0.3) is 10.9 Å². The van der Waals surface area contributed by atoms with Crippen molar-refractivity contribution in [3.05, 3.63) is 107 Å². The van der Waals surface area contributed by atoms with E-state index in [0.717, 1.165) is 18.0 Å². The van der Waals surface area contributed by atoms with Crippen LogP contribution in [0, 0.1) is 0 Å². The number of likely N-dealkylation sites (N-methyl/N-ethyl adjacent to an activating group) is 1. The molecule has 13 heteroatoms. The number of fused-ring (bicyclic) bond motifs is 1. The van der Waals surface area contributed by atoms with Crippen molar-refractivity contribution in [2.45, 2.75) is 37.3 Å². The second-order valence-corrected chi connectivity index (χ2v) is 9.88. The van der Waals surface area contributed by atoms with Crippen molar-refractivity contribution in [1.29, 1.82) is 0 Å². The molecule has 4 rings (SSSR count). The highest BCUT2D eigenvalue weighted by atomic mass is 19.4. The summed E-state index contributed by atoms with van der Waals surface area (Å²) in [6.45, 7) is 0. The Morgan fingerprint density at radius 1 is 0.860 bits per heavy atom. The number of alkyl halides is 6. The molecule has 0 aliphatic carbocycles. The van der Waals surface area contributed by atoms with Crippen molar-refractivity contribution < 1.29 is 45.8 Å². The van der Waals surface area contributed by atoms with Gasteiger partial charge in [0.2, 0.25) is 5.91 Å². The number of rotatable bonds is 9. The number of carbonyl (C=O) groups is 3. The molecule has 0 fully saturated rings. The lowest BCUT2D eigenvalue weighted by molar-refractivity contribution is -0.143. The van der Waals surface area contributed by atoms with Crippen molar-refractivity contribution in [2.75, 3.05) is 7.05 Å². The number of para-hydroxylation sites is 1. The van der Waals surface area contributed by atoms with Crippen LogP contribution in [0.4, 0.5) is 26.3 Å². The Balaban J connectivity index is 1.67. The van der Waals surface area contributed by atoms with E-state index in [9.17, 15) is 45.8 Å². The molecule has 43 heavy (non-hydrogen) atoms. The van der Waals surface area contributed by atoms with Crippen LogP contribution >= 0.6 is 0 Å². The number of nitrogens with zero attached hydrogens (tertiary/aromatic N) is 1. The van der Waals surface area contributed by atoms with E-state index in [0.29, 0.717) is 16.0 Å². The standard InChI is InChI=1S/C30H25F6N3O4/c1-39(27(41)18-12-20(29(31,32)33)15-21(13-18)30(34,35)36)25(11-17-7-3-2-4-8-17)26(40)38-24(28(42)43)14-19-16-37-23-10-6-5-9-22(19)23/h2-10,12-13,15-16,24-25,37H,11,14H2,1H3,(H,38,40)(H,42,43)/t24-,25+/m0/s1. The first kappa shape index (κ1) is 31.1. The first-order valence-electron chi connectivity index (χ1n) is 12.8. The number of H-pyrrole nitrogens is 1. The lowest BCUT2D eigenvalue weighted by Gasteiger charge is -2.29. The van der Waals surface area contributed by atoms with E-state index >= 15 is 0 Å². The molecule has 3 aromatic carbocycles. The van der Waals surface area contributed by atoms with Gasteiger partial charge in [-0.2, -0.15) is 26.3 Å². The van der Waals surface area contributed by atoms with Gasteiger partial charge in [-0.15, -0.1) is 0 Å². The summed E-state index contributed by atoms with van der Waals surface area (Å²) in [4.78, 5) is 42.8. The third kappa shape index (κ3) is 7.34. The number of nitrogens with one attached hydrogen (secondary N) is 2. The number of aliphatic carboxylic acids is 1. The van der Waals surface area contributed by atoms with E-state index in [-0.39, 0.29) is 31.0 Å². The molecule has 2 atom stereocenters. The van der Waals surface area contributed by atoms with Gasteiger partial charge in [0.1, 0.15) is 12.1 Å². The number of carboxylic acid groups (broad SMARTS) is 1. The molecule has 1 heterocycles. The highest BCUT2D eigenvalue weighted by Crippen LogP contribution is 2.36. The van der Waals surface area contributed by atoms with E-state index in [2.05, 4.69) is 10.3 Å². The van der Waals surface area contributed by atoms with E-state index in [1.165, 1.54) is 0 Å². The summed E-state index contributed by atoms with van der Waals surface area (Å²) in [5.74, 6) is -3.65. The molecular weight excluding hydrogens is 580 g/mol. The highest BCUT2D eigenvalue weighted by Gasteiger charge is 2.39. The number of benzene rings is 3. The van der Waals surface area contributed by atoms with Crippen LogP contribution in [-0.2, 0) is 34.8 Å². The Kier molecular flexibility index (Phi) is 8.83. The van der Waals surface area contributed by atoms with Crippen molar-refractivity contribution in [2.24, 2.45) is 0 Å². The number of carbonyl (C=O) groups excluding carboxylic acids is 2. The van der Waals surface area contributed by atoms with Crippen LogP contribution in [-0.4, -0.2) is 51.9 Å². The fraction of sp³-hybridized carbons (Fsp3) is 0.233. The predicted molar refractivity (Wildman–Crippen MR) is 144 cm³/mol. The van der Waals surface area contributed by atoms with Crippen LogP contribution in [0.5, 0.6) is 0 Å². The summed E-state index contributed by atoms with van der Waals surface area (Å²) >= 11 is 0.